The molecule has 256 valence electrons. The van der Waals surface area contributed by atoms with E-state index in [9.17, 15) is 24.3 Å². The number of ether oxygens (including phenoxy) is 1. The lowest BCUT2D eigenvalue weighted by molar-refractivity contribution is -0.178. The molecule has 0 saturated carbocycles. The van der Waals surface area contributed by atoms with Gasteiger partial charge in [-0.1, -0.05) is 90.7 Å². The third-order valence-electron chi connectivity index (χ3n) is 9.80. The number of primary amides is 1. The van der Waals surface area contributed by atoms with Crippen molar-refractivity contribution in [2.45, 2.75) is 29.6 Å². The molecule has 3 heterocycles. The van der Waals surface area contributed by atoms with Gasteiger partial charge in [-0.25, -0.2) is 4.79 Å². The van der Waals surface area contributed by atoms with Crippen LogP contribution in [0.3, 0.4) is 0 Å². The Kier molecular flexibility index (Phi) is 8.77. The molecule has 6 atom stereocenters. The topological polar surface area (TPSA) is 163 Å². The number of urea groups is 1. The summed E-state index contributed by atoms with van der Waals surface area (Å²) < 4.78 is 6.36. The smallest absolute Gasteiger partial charge is 0.324 e. The predicted octanol–water partition coefficient (Wildman–Crippen LogP) is 3.99. The maximum Gasteiger partial charge on any atom is 0.324 e. The van der Waals surface area contributed by atoms with Crippen LogP contribution in [0.15, 0.2) is 116 Å². The zero-order chi connectivity index (χ0) is 35.7. The summed E-state index contributed by atoms with van der Waals surface area (Å²) in [5, 5.41) is 18.7. The number of morpholine rings is 1. The van der Waals surface area contributed by atoms with Gasteiger partial charge < -0.3 is 31.5 Å². The van der Waals surface area contributed by atoms with Crippen LogP contribution < -0.4 is 21.7 Å². The molecular weight excluding hydrogens is 646 g/mol. The van der Waals surface area contributed by atoms with Crippen LogP contribution in [0.2, 0.25) is 0 Å². The van der Waals surface area contributed by atoms with E-state index in [1.807, 2.05) is 65.6 Å². The zero-order valence-corrected chi connectivity index (χ0v) is 27.4. The summed E-state index contributed by atoms with van der Waals surface area (Å²) in [6.07, 6.45) is 0.728. The minimum Gasteiger partial charge on any atom is -0.508 e. The lowest BCUT2D eigenvalue weighted by atomic mass is 9.65. The highest BCUT2D eigenvalue weighted by Crippen LogP contribution is 2.64. The van der Waals surface area contributed by atoms with Gasteiger partial charge in [0.25, 0.3) is 0 Å². The number of cyclic esters (lactones) is 1. The first kappa shape index (κ1) is 33.1. The highest BCUT2D eigenvalue weighted by Gasteiger charge is 2.74. The van der Waals surface area contributed by atoms with Gasteiger partial charge in [0.1, 0.15) is 23.3 Å². The van der Waals surface area contributed by atoms with E-state index in [2.05, 4.69) is 34.4 Å². The van der Waals surface area contributed by atoms with Gasteiger partial charge in [-0.2, -0.15) is 0 Å². The lowest BCUT2D eigenvalue weighted by Gasteiger charge is -2.46. The van der Waals surface area contributed by atoms with Crippen molar-refractivity contribution >= 4 is 29.5 Å². The zero-order valence-electron chi connectivity index (χ0n) is 27.4. The Bertz CT molecular complexity index is 2080. The first-order valence-electron chi connectivity index (χ1n) is 16.5. The van der Waals surface area contributed by atoms with Crippen molar-refractivity contribution in [2.75, 3.05) is 18.4 Å². The number of aromatic hydroxyl groups is 1. The molecule has 6 N–H and O–H groups in total. The van der Waals surface area contributed by atoms with Gasteiger partial charge in [0.2, 0.25) is 11.8 Å². The molecule has 0 radical (unpaired) electrons. The van der Waals surface area contributed by atoms with E-state index >= 15 is 0 Å². The molecule has 2 fully saturated rings. The number of benzene rings is 4. The number of esters is 1. The number of phenols is 1. The molecule has 11 nitrogen and oxygen atoms in total. The normalized spacial score (nSPS) is 24.7. The maximum atomic E-state index is 14.9. The maximum absolute atomic E-state index is 14.9. The number of nitrogens with zero attached hydrogens (tertiary/aromatic N) is 1. The third-order valence-corrected chi connectivity index (χ3v) is 9.80. The van der Waals surface area contributed by atoms with E-state index in [-0.39, 0.29) is 18.8 Å². The molecule has 7 rings (SSSR count). The van der Waals surface area contributed by atoms with Gasteiger partial charge in [-0.3, -0.25) is 19.3 Å². The standard InChI is InChI=1S/C40H35N5O6/c1-2-21-42-36(47)31-33-37(48)51-34(26-13-7-4-8-14-26)32(25-11-5-3-6-12-25)45(33)35(27-16-18-28(46)19-17-27)40(31)29-23-24(10-9-22-43-39(41)50)15-20-30(29)44-38(40)49/h2-8,11-20,23,31-35,46H,1,21-22H2,(H,42,47)(H,44,49)(H3,41,43,50). The summed E-state index contributed by atoms with van der Waals surface area (Å²) in [4.78, 5) is 57.4. The van der Waals surface area contributed by atoms with Crippen molar-refractivity contribution in [1.82, 2.24) is 15.5 Å². The average Bonchev–Trinajstić information content (AvgIpc) is 3.62. The van der Waals surface area contributed by atoms with E-state index in [1.165, 1.54) is 18.2 Å². The minimum absolute atomic E-state index is 0.00121. The van der Waals surface area contributed by atoms with Gasteiger partial charge in [0.15, 0.2) is 0 Å². The molecule has 6 unspecified atom stereocenters. The second-order valence-electron chi connectivity index (χ2n) is 12.6. The Morgan fingerprint density at radius 3 is 2.27 bits per heavy atom. The molecule has 4 aromatic carbocycles. The number of nitrogens with two attached hydrogens (primary N) is 1. The Labute approximate surface area is 294 Å². The van der Waals surface area contributed by atoms with Crippen LogP contribution in [0.5, 0.6) is 5.75 Å². The third kappa shape index (κ3) is 5.65. The number of carbonyl (C=O) groups excluding carboxylic acids is 4. The fourth-order valence-electron chi connectivity index (χ4n) is 7.89. The molecule has 11 heteroatoms. The summed E-state index contributed by atoms with van der Waals surface area (Å²) in [5.41, 5.74) is 7.13. The quantitative estimate of drug-likeness (QED) is 0.112. The van der Waals surface area contributed by atoms with Crippen LogP contribution in [0.1, 0.15) is 46.0 Å². The first-order chi connectivity index (χ1) is 24.7. The number of carbonyl (C=O) groups is 4. The van der Waals surface area contributed by atoms with Crippen LogP contribution in [0, 0.1) is 17.8 Å². The molecule has 2 saturated heterocycles. The van der Waals surface area contributed by atoms with Crippen LogP contribution in [0.25, 0.3) is 0 Å². The van der Waals surface area contributed by atoms with Gasteiger partial charge in [-0.15, -0.1) is 6.58 Å². The van der Waals surface area contributed by atoms with Crippen LogP contribution in [0.4, 0.5) is 10.5 Å². The summed E-state index contributed by atoms with van der Waals surface area (Å²) in [7, 11) is 0. The van der Waals surface area contributed by atoms with Crippen molar-refractivity contribution in [3.63, 3.8) is 0 Å². The first-order valence-corrected chi connectivity index (χ1v) is 16.5. The van der Waals surface area contributed by atoms with Crippen molar-refractivity contribution in [2.24, 2.45) is 11.7 Å². The van der Waals surface area contributed by atoms with Crippen molar-refractivity contribution in [3.8, 4) is 17.6 Å². The van der Waals surface area contributed by atoms with Crippen molar-refractivity contribution in [1.29, 1.82) is 0 Å². The number of rotatable bonds is 7. The summed E-state index contributed by atoms with van der Waals surface area (Å²) in [6.45, 7) is 3.85. The molecule has 0 aromatic heterocycles. The molecule has 0 aliphatic carbocycles. The fraction of sp³-hybridized carbons (Fsp3) is 0.200. The van der Waals surface area contributed by atoms with E-state index in [0.29, 0.717) is 22.4 Å². The predicted molar refractivity (Wildman–Crippen MR) is 189 cm³/mol. The largest absolute Gasteiger partial charge is 0.508 e. The Hall–Kier alpha value is -6.38. The van der Waals surface area contributed by atoms with Gasteiger partial charge in [-0.05, 0) is 52.6 Å². The second kappa shape index (κ2) is 13.5. The highest BCUT2D eigenvalue weighted by molar-refractivity contribution is 6.12. The number of anilines is 1. The monoisotopic (exact) mass is 681 g/mol. The number of hydrogen-bond acceptors (Lipinski definition) is 7. The highest BCUT2D eigenvalue weighted by atomic mass is 16.6. The van der Waals surface area contributed by atoms with E-state index in [0.717, 1.165) is 11.1 Å². The Balaban J connectivity index is 1.52. The van der Waals surface area contributed by atoms with Crippen LogP contribution in [-0.4, -0.2) is 53.0 Å². The van der Waals surface area contributed by atoms with Crippen molar-refractivity contribution < 1.29 is 29.0 Å². The SMILES string of the molecule is C=CCNC(=O)C1C2C(=O)OC(c3ccccc3)C(c3ccccc3)N2C(c2ccc(O)cc2)C12C(=O)Nc1ccc(C#CCNC(N)=O)cc12. The van der Waals surface area contributed by atoms with Crippen LogP contribution >= 0.6 is 0 Å². The van der Waals surface area contributed by atoms with Crippen molar-refractivity contribution in [3.05, 3.63) is 144 Å². The second-order valence-corrected chi connectivity index (χ2v) is 12.6. The molecule has 3 aliphatic rings. The average molecular weight is 682 g/mol. The fourth-order valence-corrected chi connectivity index (χ4v) is 7.89. The molecule has 1 spiro atoms. The molecule has 0 bridgehead atoms. The number of fused-ring (bicyclic) bond motifs is 3. The molecule has 4 aromatic rings. The number of hydrogen-bond donors (Lipinski definition) is 5. The van der Waals surface area contributed by atoms with Gasteiger partial charge >= 0.3 is 12.0 Å². The number of phenolic OH excluding ortho intramolecular Hbond substituents is 1. The Morgan fingerprint density at radius 2 is 1.61 bits per heavy atom. The van der Waals surface area contributed by atoms with E-state index in [4.69, 9.17) is 10.5 Å². The number of nitrogens with one attached hydrogen (secondary N) is 3. The summed E-state index contributed by atoms with van der Waals surface area (Å²) in [6, 6.07) is 27.1. The lowest BCUT2D eigenvalue weighted by Crippen LogP contribution is -2.54. The van der Waals surface area contributed by atoms with Gasteiger partial charge in [0, 0.05) is 17.8 Å². The molecular formula is C40H35N5O6. The molecule has 51 heavy (non-hydrogen) atoms. The minimum atomic E-state index is -1.69. The Morgan fingerprint density at radius 1 is 0.922 bits per heavy atom. The van der Waals surface area contributed by atoms with Gasteiger partial charge in [0.05, 0.1) is 24.5 Å². The molecule has 3 aliphatic heterocycles. The summed E-state index contributed by atoms with van der Waals surface area (Å²) >= 11 is 0. The van der Waals surface area contributed by atoms with Crippen LogP contribution in [-0.2, 0) is 24.5 Å². The number of amides is 4. The molecule has 4 amide bonds. The summed E-state index contributed by atoms with van der Waals surface area (Å²) in [5.74, 6) is 2.96. The van der Waals surface area contributed by atoms with E-state index in [1.54, 1.807) is 30.3 Å². The van der Waals surface area contributed by atoms with E-state index < -0.39 is 59.4 Å².